The molecule has 6 nitrogen and oxygen atoms in total. The van der Waals surface area contributed by atoms with Gasteiger partial charge in [-0.15, -0.1) is 0 Å². The van der Waals surface area contributed by atoms with Crippen molar-refractivity contribution < 1.29 is 24.1 Å². The molecule has 0 aliphatic carbocycles. The molecule has 3 rings (SSSR count). The van der Waals surface area contributed by atoms with Gasteiger partial charge in [-0.05, 0) is 18.2 Å². The normalized spacial score (nSPS) is 18.9. The van der Waals surface area contributed by atoms with Crippen molar-refractivity contribution in [2.75, 3.05) is 19.5 Å². The Hall–Kier alpha value is -2.35. The van der Waals surface area contributed by atoms with Crippen LogP contribution in [0.1, 0.15) is 23.7 Å². The van der Waals surface area contributed by atoms with Crippen LogP contribution in [0.3, 0.4) is 0 Å². The van der Waals surface area contributed by atoms with E-state index in [0.29, 0.717) is 33.3 Å². The summed E-state index contributed by atoms with van der Waals surface area (Å²) in [6, 6.07) is 10.7. The topological polar surface area (TPSA) is 77.0 Å². The van der Waals surface area contributed by atoms with Crippen molar-refractivity contribution in [1.82, 2.24) is 0 Å². The Bertz CT molecular complexity index is 888. The minimum Gasteiger partial charge on any atom is -0.493 e. The number of hydrogen-bond donors (Lipinski definition) is 2. The molecule has 0 amide bonds. The summed E-state index contributed by atoms with van der Waals surface area (Å²) in [5, 5.41) is 12.8. The third-order valence-corrected chi connectivity index (χ3v) is 4.94. The zero-order valence-corrected chi connectivity index (χ0v) is 16.3. The summed E-state index contributed by atoms with van der Waals surface area (Å²) in [6.45, 7) is 0. The molecule has 0 unspecified atom stereocenters. The molecule has 2 N–H and O–H groups in total. The predicted molar refractivity (Wildman–Crippen MR) is 106 cm³/mol. The smallest absolute Gasteiger partial charge is 0.306 e. The summed E-state index contributed by atoms with van der Waals surface area (Å²) in [7, 11) is 3.07. The van der Waals surface area contributed by atoms with Crippen LogP contribution in [0.4, 0.5) is 5.69 Å². The van der Waals surface area contributed by atoms with E-state index in [1.807, 2.05) is 12.1 Å². The number of fused-ring (bicyclic) bond motifs is 1. The minimum atomic E-state index is -1.02. The molecule has 2 aromatic carbocycles. The van der Waals surface area contributed by atoms with Gasteiger partial charge in [-0.2, -0.15) is 0 Å². The Morgan fingerprint density at radius 3 is 2.67 bits per heavy atom. The number of carbonyl (C=O) groups is 1. The van der Waals surface area contributed by atoms with E-state index in [1.165, 1.54) is 7.11 Å². The van der Waals surface area contributed by atoms with Gasteiger partial charge in [0, 0.05) is 21.8 Å². The number of thiocarbonyl (C=S) groups is 1. The van der Waals surface area contributed by atoms with Crippen LogP contribution < -0.4 is 14.8 Å². The van der Waals surface area contributed by atoms with Crippen molar-refractivity contribution in [1.29, 1.82) is 0 Å². The van der Waals surface area contributed by atoms with E-state index >= 15 is 0 Å². The second kappa shape index (κ2) is 8.12. The van der Waals surface area contributed by atoms with Gasteiger partial charge in [-0.25, -0.2) is 0 Å². The number of ether oxygens (including phenoxy) is 3. The van der Waals surface area contributed by atoms with Gasteiger partial charge in [-0.3, -0.25) is 4.79 Å². The van der Waals surface area contributed by atoms with Gasteiger partial charge in [0.05, 0.1) is 20.6 Å². The SMILES string of the molecule is COc1cccc([C@H]2O[C@H](CC(=O)O)C(=S)Nc3cccc(Cl)c32)c1OC. The summed E-state index contributed by atoms with van der Waals surface area (Å²) < 4.78 is 17.1. The average molecular weight is 408 g/mol. The highest BCUT2D eigenvalue weighted by Crippen LogP contribution is 2.45. The second-order valence-corrected chi connectivity index (χ2v) is 6.72. The van der Waals surface area contributed by atoms with E-state index in [1.54, 1.807) is 31.4 Å². The molecule has 1 heterocycles. The fraction of sp³-hybridized carbons (Fsp3) is 0.263. The van der Waals surface area contributed by atoms with Crippen LogP contribution in [0, 0.1) is 0 Å². The number of rotatable bonds is 5. The lowest BCUT2D eigenvalue weighted by Crippen LogP contribution is -2.30. The molecule has 0 aromatic heterocycles. The van der Waals surface area contributed by atoms with Gasteiger partial charge in [0.2, 0.25) is 0 Å². The lowest BCUT2D eigenvalue weighted by Gasteiger charge is -2.24. The fourth-order valence-electron chi connectivity index (χ4n) is 3.07. The van der Waals surface area contributed by atoms with E-state index < -0.39 is 18.2 Å². The Labute approximate surface area is 167 Å². The molecule has 2 atom stereocenters. The lowest BCUT2D eigenvalue weighted by molar-refractivity contribution is -0.139. The molecule has 0 saturated heterocycles. The molecule has 0 bridgehead atoms. The largest absolute Gasteiger partial charge is 0.493 e. The summed E-state index contributed by atoms with van der Waals surface area (Å²) in [4.78, 5) is 11.6. The van der Waals surface area contributed by atoms with Gasteiger partial charge >= 0.3 is 5.97 Å². The number of benzene rings is 2. The molecule has 1 aliphatic rings. The molecule has 0 fully saturated rings. The van der Waals surface area contributed by atoms with Crippen LogP contribution >= 0.6 is 23.8 Å². The van der Waals surface area contributed by atoms with Gasteiger partial charge in [0.25, 0.3) is 0 Å². The van der Waals surface area contributed by atoms with Crippen LogP contribution in [-0.4, -0.2) is 36.4 Å². The van der Waals surface area contributed by atoms with Crippen LogP contribution in [0.15, 0.2) is 36.4 Å². The zero-order chi connectivity index (χ0) is 19.6. The Kier molecular flexibility index (Phi) is 5.84. The van der Waals surface area contributed by atoms with Gasteiger partial charge in [0.1, 0.15) is 17.2 Å². The molecule has 1 aliphatic heterocycles. The lowest BCUT2D eigenvalue weighted by atomic mass is 9.98. The number of carboxylic acids is 1. The molecule has 0 radical (unpaired) electrons. The maximum Gasteiger partial charge on any atom is 0.306 e. The monoisotopic (exact) mass is 407 g/mol. The van der Waals surface area contributed by atoms with Crippen molar-refractivity contribution in [3.63, 3.8) is 0 Å². The van der Waals surface area contributed by atoms with Crippen molar-refractivity contribution in [3.05, 3.63) is 52.5 Å². The first-order valence-electron chi connectivity index (χ1n) is 8.13. The number of anilines is 1. The quantitative estimate of drug-likeness (QED) is 0.723. The van der Waals surface area contributed by atoms with Crippen molar-refractivity contribution in [2.45, 2.75) is 18.6 Å². The summed E-state index contributed by atoms with van der Waals surface area (Å²) >= 11 is 11.8. The number of aliphatic carboxylic acids is 1. The zero-order valence-electron chi connectivity index (χ0n) is 14.7. The maximum atomic E-state index is 11.3. The van der Waals surface area contributed by atoms with Crippen molar-refractivity contribution in [2.24, 2.45) is 0 Å². The molecular formula is C19H18ClNO5S. The molecule has 27 heavy (non-hydrogen) atoms. The number of para-hydroxylation sites is 1. The van der Waals surface area contributed by atoms with Crippen LogP contribution in [0.2, 0.25) is 5.02 Å². The molecule has 2 aromatic rings. The first-order valence-corrected chi connectivity index (χ1v) is 8.92. The Morgan fingerprint density at radius 1 is 1.26 bits per heavy atom. The van der Waals surface area contributed by atoms with Crippen LogP contribution in [-0.2, 0) is 9.53 Å². The summed E-state index contributed by atoms with van der Waals surface area (Å²) in [5.74, 6) is -0.00269. The predicted octanol–water partition coefficient (Wildman–Crippen LogP) is 4.06. The van der Waals surface area contributed by atoms with Gasteiger partial charge < -0.3 is 24.6 Å². The highest BCUT2D eigenvalue weighted by Gasteiger charge is 2.34. The number of nitrogens with one attached hydrogen (secondary N) is 1. The molecule has 0 spiro atoms. The Morgan fingerprint density at radius 2 is 2.00 bits per heavy atom. The number of carboxylic acid groups (broad SMARTS) is 1. The molecule has 142 valence electrons. The minimum absolute atomic E-state index is 0.278. The Balaban J connectivity index is 2.20. The molecular weight excluding hydrogens is 390 g/mol. The standard InChI is InChI=1S/C19H18ClNO5S/c1-24-13-8-3-5-10(17(13)25-2)18-16-11(20)6-4-7-12(16)21-19(27)14(26-18)9-15(22)23/h3-8,14,18H,9H2,1-2H3,(H,21,27)(H,22,23)/t14-,18-/m1/s1. The van der Waals surface area contributed by atoms with Crippen LogP contribution in [0.5, 0.6) is 11.5 Å². The summed E-state index contributed by atoms with van der Waals surface area (Å²) in [6.07, 6.45) is -1.81. The molecule has 0 saturated carbocycles. The average Bonchev–Trinajstić information content (AvgIpc) is 2.78. The third kappa shape index (κ3) is 3.85. The van der Waals surface area contributed by atoms with Gasteiger partial charge in [0.15, 0.2) is 11.5 Å². The number of halogens is 1. The fourth-order valence-corrected chi connectivity index (χ4v) is 3.59. The van der Waals surface area contributed by atoms with E-state index in [9.17, 15) is 9.90 Å². The number of hydrogen-bond acceptors (Lipinski definition) is 5. The van der Waals surface area contributed by atoms with Crippen molar-refractivity contribution >= 4 is 40.5 Å². The highest BCUT2D eigenvalue weighted by molar-refractivity contribution is 7.80. The van der Waals surface area contributed by atoms with E-state index in [2.05, 4.69) is 5.32 Å². The third-order valence-electron chi connectivity index (χ3n) is 4.24. The van der Waals surface area contributed by atoms with E-state index in [4.69, 9.17) is 38.0 Å². The number of methoxy groups -OCH3 is 2. The maximum absolute atomic E-state index is 11.3. The first-order chi connectivity index (χ1) is 13.0. The summed E-state index contributed by atoms with van der Waals surface area (Å²) in [5.41, 5.74) is 1.98. The van der Waals surface area contributed by atoms with Crippen molar-refractivity contribution in [3.8, 4) is 11.5 Å². The second-order valence-electron chi connectivity index (χ2n) is 5.88. The van der Waals surface area contributed by atoms with E-state index in [-0.39, 0.29) is 11.4 Å². The first kappa shape index (κ1) is 19.4. The van der Waals surface area contributed by atoms with Crippen LogP contribution in [0.25, 0.3) is 0 Å². The molecule has 8 heteroatoms. The van der Waals surface area contributed by atoms with E-state index in [0.717, 1.165) is 0 Å². The highest BCUT2D eigenvalue weighted by atomic mass is 35.5. The van der Waals surface area contributed by atoms with Gasteiger partial charge in [-0.1, -0.05) is 42.0 Å².